The lowest BCUT2D eigenvalue weighted by Gasteiger charge is -2.37. The molecule has 0 saturated heterocycles. The Morgan fingerprint density at radius 1 is 1.19 bits per heavy atom. The highest BCUT2D eigenvalue weighted by atomic mass is 32.2. The summed E-state index contributed by atoms with van der Waals surface area (Å²) in [6.45, 7) is 7.85. The number of hydrogen-bond acceptors (Lipinski definition) is 5. The van der Waals surface area contributed by atoms with E-state index in [-0.39, 0.29) is 42.2 Å². The lowest BCUT2D eigenvalue weighted by atomic mass is 10.0. The standard InChI is InChI=1S/C28H36N2O5S/c1-20(2)10-9-11-23-14-15-27-25(16-23)35-26(18-29(5)28(32)24-12-7-6-8-13-24)21(3)17-30(22(4)19-31)36(27,33)34/h6-8,12-16,20-22,26,31H,10,17-19H2,1-5H3/t21-,22+,26+/m0/s1. The molecule has 1 aliphatic rings. The van der Waals surface area contributed by atoms with E-state index in [1.54, 1.807) is 43.1 Å². The monoisotopic (exact) mass is 512 g/mol. The van der Waals surface area contributed by atoms with E-state index < -0.39 is 22.2 Å². The van der Waals surface area contributed by atoms with E-state index in [4.69, 9.17) is 4.74 Å². The van der Waals surface area contributed by atoms with Crippen molar-refractivity contribution in [2.24, 2.45) is 11.8 Å². The SMILES string of the molecule is CC(C)CC#Cc1ccc2c(c1)O[C@H](CN(C)C(=O)c1ccccc1)[C@@H](C)CN([C@H](C)CO)S2(=O)=O. The van der Waals surface area contributed by atoms with Crippen molar-refractivity contribution in [3.8, 4) is 17.6 Å². The van der Waals surface area contributed by atoms with Crippen LogP contribution in [0, 0.1) is 23.7 Å². The molecule has 1 N–H and O–H groups in total. The first-order chi connectivity index (χ1) is 17.0. The molecule has 8 heteroatoms. The van der Waals surface area contributed by atoms with Gasteiger partial charge in [-0.05, 0) is 43.2 Å². The number of rotatable bonds is 6. The minimum Gasteiger partial charge on any atom is -0.487 e. The summed E-state index contributed by atoms with van der Waals surface area (Å²) in [6, 6.07) is 13.2. The number of sulfonamides is 1. The maximum atomic E-state index is 13.6. The molecule has 0 aliphatic carbocycles. The van der Waals surface area contributed by atoms with E-state index in [1.807, 2.05) is 25.1 Å². The molecule has 3 atom stereocenters. The van der Waals surface area contributed by atoms with Crippen LogP contribution in [-0.4, -0.2) is 67.5 Å². The van der Waals surface area contributed by atoms with Gasteiger partial charge in [-0.3, -0.25) is 4.79 Å². The quantitative estimate of drug-likeness (QED) is 0.598. The second-order valence-electron chi connectivity index (χ2n) is 9.85. The second kappa shape index (κ2) is 11.9. The van der Waals surface area contributed by atoms with Crippen molar-refractivity contribution in [1.82, 2.24) is 9.21 Å². The fourth-order valence-electron chi connectivity index (χ4n) is 4.03. The van der Waals surface area contributed by atoms with Crippen LogP contribution in [0.15, 0.2) is 53.4 Å². The molecule has 0 unspecified atom stereocenters. The summed E-state index contributed by atoms with van der Waals surface area (Å²) in [7, 11) is -2.22. The van der Waals surface area contributed by atoms with Crippen LogP contribution in [0.5, 0.6) is 5.75 Å². The van der Waals surface area contributed by atoms with Gasteiger partial charge in [-0.1, -0.05) is 50.8 Å². The number of hydrogen-bond donors (Lipinski definition) is 1. The normalized spacial score (nSPS) is 20.2. The second-order valence-corrected chi connectivity index (χ2v) is 11.7. The molecule has 2 aromatic carbocycles. The minimum absolute atomic E-state index is 0.0335. The van der Waals surface area contributed by atoms with Crippen LogP contribution in [0.3, 0.4) is 0 Å². The Morgan fingerprint density at radius 2 is 1.89 bits per heavy atom. The Labute approximate surface area is 215 Å². The third-order valence-corrected chi connectivity index (χ3v) is 8.25. The van der Waals surface area contributed by atoms with E-state index in [9.17, 15) is 18.3 Å². The van der Waals surface area contributed by atoms with Gasteiger partial charge in [0.15, 0.2) is 0 Å². The van der Waals surface area contributed by atoms with Gasteiger partial charge in [0.1, 0.15) is 16.7 Å². The molecule has 2 aromatic rings. The predicted octanol–water partition coefficient (Wildman–Crippen LogP) is 3.63. The number of carbonyl (C=O) groups excluding carboxylic acids is 1. The van der Waals surface area contributed by atoms with Gasteiger partial charge >= 0.3 is 0 Å². The van der Waals surface area contributed by atoms with Crippen molar-refractivity contribution in [2.75, 3.05) is 26.7 Å². The van der Waals surface area contributed by atoms with E-state index in [0.29, 0.717) is 17.0 Å². The highest BCUT2D eigenvalue weighted by molar-refractivity contribution is 7.89. The van der Waals surface area contributed by atoms with Crippen LogP contribution in [-0.2, 0) is 10.0 Å². The molecule has 1 amide bonds. The van der Waals surface area contributed by atoms with E-state index in [0.717, 1.165) is 6.42 Å². The van der Waals surface area contributed by atoms with Crippen LogP contribution in [0.2, 0.25) is 0 Å². The van der Waals surface area contributed by atoms with Gasteiger partial charge in [0, 0.05) is 43.1 Å². The third-order valence-electron chi connectivity index (χ3n) is 6.23. The molecule has 3 rings (SSSR count). The molecule has 0 bridgehead atoms. The number of aliphatic hydroxyl groups is 1. The van der Waals surface area contributed by atoms with Gasteiger partial charge in [0.2, 0.25) is 10.0 Å². The Kier molecular flexibility index (Phi) is 9.18. The Morgan fingerprint density at radius 3 is 2.53 bits per heavy atom. The van der Waals surface area contributed by atoms with Gasteiger partial charge in [-0.25, -0.2) is 8.42 Å². The van der Waals surface area contributed by atoms with Crippen LogP contribution >= 0.6 is 0 Å². The summed E-state index contributed by atoms with van der Waals surface area (Å²) in [6.07, 6.45) is 0.244. The molecule has 194 valence electrons. The van der Waals surface area contributed by atoms with Crippen molar-refractivity contribution in [3.63, 3.8) is 0 Å². The highest BCUT2D eigenvalue weighted by Gasteiger charge is 2.38. The van der Waals surface area contributed by atoms with Crippen molar-refractivity contribution < 1.29 is 23.1 Å². The van der Waals surface area contributed by atoms with Crippen molar-refractivity contribution in [3.05, 3.63) is 59.7 Å². The largest absolute Gasteiger partial charge is 0.487 e. The smallest absolute Gasteiger partial charge is 0.253 e. The Bertz CT molecular complexity index is 1220. The summed E-state index contributed by atoms with van der Waals surface area (Å²) in [4.78, 5) is 14.6. The number of aliphatic hydroxyl groups excluding tert-OH is 1. The fraction of sp³-hybridized carbons (Fsp3) is 0.464. The topological polar surface area (TPSA) is 87.2 Å². The van der Waals surface area contributed by atoms with E-state index in [1.165, 1.54) is 10.4 Å². The molecular weight excluding hydrogens is 476 g/mol. The zero-order valence-electron chi connectivity index (χ0n) is 21.6. The molecular formula is C28H36N2O5S. The predicted molar refractivity (Wildman–Crippen MR) is 140 cm³/mol. The van der Waals surface area contributed by atoms with Gasteiger partial charge in [0.25, 0.3) is 5.91 Å². The Balaban J connectivity index is 2.00. The van der Waals surface area contributed by atoms with E-state index >= 15 is 0 Å². The van der Waals surface area contributed by atoms with Crippen molar-refractivity contribution in [1.29, 1.82) is 0 Å². The average Bonchev–Trinajstić information content (AvgIpc) is 2.85. The van der Waals surface area contributed by atoms with Crippen molar-refractivity contribution >= 4 is 15.9 Å². The average molecular weight is 513 g/mol. The van der Waals surface area contributed by atoms with Crippen molar-refractivity contribution in [2.45, 2.75) is 51.2 Å². The molecule has 1 aliphatic heterocycles. The minimum atomic E-state index is -3.93. The first kappa shape index (κ1) is 27.7. The molecule has 0 aromatic heterocycles. The maximum absolute atomic E-state index is 13.6. The summed E-state index contributed by atoms with van der Waals surface area (Å²) in [5.41, 5.74) is 1.23. The van der Waals surface area contributed by atoms with Gasteiger partial charge in [-0.2, -0.15) is 4.31 Å². The first-order valence-corrected chi connectivity index (χ1v) is 13.7. The zero-order valence-corrected chi connectivity index (χ0v) is 22.5. The molecule has 36 heavy (non-hydrogen) atoms. The fourth-order valence-corrected chi connectivity index (χ4v) is 5.86. The number of nitrogens with zero attached hydrogens (tertiary/aromatic N) is 2. The number of ether oxygens (including phenoxy) is 1. The third kappa shape index (κ3) is 6.47. The molecule has 0 fully saturated rings. The van der Waals surface area contributed by atoms with Gasteiger partial charge < -0.3 is 14.7 Å². The summed E-state index contributed by atoms with van der Waals surface area (Å²) < 4.78 is 34.9. The van der Waals surface area contributed by atoms with Crippen LogP contribution in [0.4, 0.5) is 0 Å². The van der Waals surface area contributed by atoms with E-state index in [2.05, 4.69) is 25.7 Å². The lowest BCUT2D eigenvalue weighted by Crippen LogP contribution is -2.50. The zero-order chi connectivity index (χ0) is 26.5. The highest BCUT2D eigenvalue weighted by Crippen LogP contribution is 2.34. The molecule has 7 nitrogen and oxygen atoms in total. The molecule has 0 spiro atoms. The maximum Gasteiger partial charge on any atom is 0.253 e. The summed E-state index contributed by atoms with van der Waals surface area (Å²) >= 11 is 0. The van der Waals surface area contributed by atoms with Gasteiger partial charge in [-0.15, -0.1) is 0 Å². The molecule has 0 saturated carbocycles. The molecule has 0 radical (unpaired) electrons. The number of likely N-dealkylation sites (N-methyl/N-ethyl adjacent to an activating group) is 1. The number of fused-ring (bicyclic) bond motifs is 1. The Hall–Kier alpha value is -2.86. The lowest BCUT2D eigenvalue weighted by molar-refractivity contribution is 0.0563. The summed E-state index contributed by atoms with van der Waals surface area (Å²) in [5, 5.41) is 9.80. The summed E-state index contributed by atoms with van der Waals surface area (Å²) in [5.74, 6) is 6.45. The number of carbonyl (C=O) groups is 1. The van der Waals surface area contributed by atoms with Crippen LogP contribution < -0.4 is 4.74 Å². The first-order valence-electron chi connectivity index (χ1n) is 12.3. The van der Waals surface area contributed by atoms with Crippen LogP contribution in [0.1, 0.15) is 50.0 Å². The van der Waals surface area contributed by atoms with Crippen LogP contribution in [0.25, 0.3) is 0 Å². The molecule has 1 heterocycles. The number of benzene rings is 2. The van der Waals surface area contributed by atoms with Gasteiger partial charge in [0.05, 0.1) is 13.2 Å². The number of amides is 1.